The topological polar surface area (TPSA) is 97.4 Å². The van der Waals surface area contributed by atoms with Crippen molar-refractivity contribution in [3.05, 3.63) is 58.1 Å². The van der Waals surface area contributed by atoms with Gasteiger partial charge >= 0.3 is 5.97 Å². The van der Waals surface area contributed by atoms with Crippen LogP contribution in [0.2, 0.25) is 10.0 Å². The highest BCUT2D eigenvalue weighted by molar-refractivity contribution is 6.31. The number of nitrogens with one attached hydrogen (secondary N) is 2. The Hall–Kier alpha value is -2.71. The summed E-state index contributed by atoms with van der Waals surface area (Å²) >= 11 is 11.4. The molecule has 0 aliphatic carbocycles. The van der Waals surface area contributed by atoms with Crippen LogP contribution < -0.4 is 10.6 Å². The first kappa shape index (κ1) is 19.6. The number of carbonyl (C=O) groups excluding carboxylic acids is 3. The molecule has 0 atom stereocenters. The predicted molar refractivity (Wildman–Crippen MR) is 92.6 cm³/mol. The average molecular weight is 400 g/mol. The highest BCUT2D eigenvalue weighted by atomic mass is 35.5. The molecule has 0 saturated carbocycles. The third-order valence-electron chi connectivity index (χ3n) is 2.91. The largest absolute Gasteiger partial charge is 0.454 e. The Bertz CT molecular complexity index is 848. The molecule has 0 fully saturated rings. The van der Waals surface area contributed by atoms with Crippen LogP contribution in [0.15, 0.2) is 36.5 Å². The number of ether oxygens (including phenoxy) is 1. The summed E-state index contributed by atoms with van der Waals surface area (Å²) in [6.45, 7) is -1.14. The number of esters is 1. The van der Waals surface area contributed by atoms with Gasteiger partial charge in [0.05, 0.1) is 5.69 Å². The highest BCUT2D eigenvalue weighted by Crippen LogP contribution is 2.19. The normalized spacial score (nSPS) is 10.1. The average Bonchev–Trinajstić information content (AvgIpc) is 2.61. The number of anilines is 1. The molecule has 0 spiro atoms. The number of aromatic nitrogens is 1. The van der Waals surface area contributed by atoms with Gasteiger partial charge in [-0.05, 0) is 30.3 Å². The number of carbonyl (C=O) groups is 3. The molecule has 0 aliphatic heterocycles. The van der Waals surface area contributed by atoms with Crippen LogP contribution in [0.3, 0.4) is 0 Å². The van der Waals surface area contributed by atoms with Crippen LogP contribution in [0.25, 0.3) is 0 Å². The van der Waals surface area contributed by atoms with Crippen molar-refractivity contribution in [2.24, 2.45) is 0 Å². The Labute approximate surface area is 157 Å². The third kappa shape index (κ3) is 5.98. The predicted octanol–water partition coefficient (Wildman–Crippen LogP) is 2.44. The molecule has 7 nitrogen and oxygen atoms in total. The van der Waals surface area contributed by atoms with Crippen molar-refractivity contribution in [1.29, 1.82) is 0 Å². The van der Waals surface area contributed by atoms with Gasteiger partial charge in [0, 0.05) is 16.2 Å². The number of rotatable bonds is 6. The maximum absolute atomic E-state index is 13.5. The maximum atomic E-state index is 13.5. The van der Waals surface area contributed by atoms with Crippen LogP contribution in [0.5, 0.6) is 0 Å². The molecule has 26 heavy (non-hydrogen) atoms. The molecule has 10 heteroatoms. The minimum atomic E-state index is -0.859. The van der Waals surface area contributed by atoms with E-state index in [1.807, 2.05) is 0 Å². The molecule has 1 heterocycles. The van der Waals surface area contributed by atoms with E-state index >= 15 is 0 Å². The smallest absolute Gasteiger partial charge is 0.325 e. The molecule has 1 aromatic carbocycles. The minimum Gasteiger partial charge on any atom is -0.454 e. The van der Waals surface area contributed by atoms with Gasteiger partial charge in [-0.15, -0.1) is 0 Å². The van der Waals surface area contributed by atoms with Crippen LogP contribution in [0, 0.1) is 5.82 Å². The van der Waals surface area contributed by atoms with Gasteiger partial charge in [-0.1, -0.05) is 23.2 Å². The second-order valence-corrected chi connectivity index (χ2v) is 5.75. The van der Waals surface area contributed by atoms with Crippen molar-refractivity contribution in [3.63, 3.8) is 0 Å². The first-order chi connectivity index (χ1) is 12.3. The number of halogens is 3. The van der Waals surface area contributed by atoms with Crippen LogP contribution in [0.1, 0.15) is 10.5 Å². The molecule has 2 amide bonds. The van der Waals surface area contributed by atoms with Crippen LogP contribution in [-0.4, -0.2) is 35.9 Å². The van der Waals surface area contributed by atoms with Gasteiger partial charge in [-0.25, -0.2) is 4.39 Å². The molecular weight excluding hydrogens is 388 g/mol. The van der Waals surface area contributed by atoms with E-state index < -0.39 is 36.8 Å². The fourth-order valence-electron chi connectivity index (χ4n) is 1.75. The van der Waals surface area contributed by atoms with Crippen LogP contribution in [0.4, 0.5) is 10.1 Å². The summed E-state index contributed by atoms with van der Waals surface area (Å²) in [6, 6.07) is 6.45. The van der Waals surface area contributed by atoms with E-state index in [0.717, 1.165) is 6.07 Å². The van der Waals surface area contributed by atoms with Gasteiger partial charge in [0.2, 0.25) is 0 Å². The standard InChI is InChI=1S/C16H12Cl2FN3O4/c17-9-1-2-11(19)12(5-9)22-14(23)8-26-15(24)7-21-16(25)13-6-10(18)3-4-20-13/h1-6H,7-8H2,(H,21,25)(H,22,23). The van der Waals surface area contributed by atoms with E-state index in [0.29, 0.717) is 5.02 Å². The molecular formula is C16H12Cl2FN3O4. The van der Waals surface area contributed by atoms with Gasteiger partial charge in [-0.2, -0.15) is 0 Å². The Morgan fingerprint density at radius 1 is 1.12 bits per heavy atom. The number of hydrogen-bond acceptors (Lipinski definition) is 5. The SMILES string of the molecule is O=C(COC(=O)CNC(=O)c1cc(Cl)ccn1)Nc1cc(Cl)ccc1F. The van der Waals surface area contributed by atoms with E-state index in [1.54, 1.807) is 0 Å². The Morgan fingerprint density at radius 3 is 2.58 bits per heavy atom. The summed E-state index contributed by atoms with van der Waals surface area (Å²) in [4.78, 5) is 38.8. The fourth-order valence-corrected chi connectivity index (χ4v) is 2.08. The number of benzene rings is 1. The lowest BCUT2D eigenvalue weighted by Crippen LogP contribution is -2.32. The Morgan fingerprint density at radius 2 is 1.85 bits per heavy atom. The van der Waals surface area contributed by atoms with E-state index in [4.69, 9.17) is 23.2 Å². The monoisotopic (exact) mass is 399 g/mol. The van der Waals surface area contributed by atoms with Gasteiger partial charge in [0.1, 0.15) is 18.1 Å². The lowest BCUT2D eigenvalue weighted by atomic mass is 10.3. The second-order valence-electron chi connectivity index (χ2n) is 4.88. The summed E-state index contributed by atoms with van der Waals surface area (Å²) in [7, 11) is 0. The minimum absolute atomic E-state index is 0.0273. The molecule has 0 radical (unpaired) electrons. The number of hydrogen-bond donors (Lipinski definition) is 2. The van der Waals surface area contributed by atoms with Crippen molar-refractivity contribution < 1.29 is 23.5 Å². The maximum Gasteiger partial charge on any atom is 0.325 e. The molecule has 2 aromatic rings. The zero-order valence-electron chi connectivity index (χ0n) is 13.1. The zero-order valence-corrected chi connectivity index (χ0v) is 14.6. The van der Waals surface area contributed by atoms with Crippen LogP contribution in [-0.2, 0) is 14.3 Å². The number of amides is 2. The number of nitrogens with zero attached hydrogens (tertiary/aromatic N) is 1. The quantitative estimate of drug-likeness (QED) is 0.726. The first-order valence-electron chi connectivity index (χ1n) is 7.15. The molecule has 0 bridgehead atoms. The third-order valence-corrected chi connectivity index (χ3v) is 3.38. The van der Waals surface area contributed by atoms with Crippen molar-refractivity contribution in [1.82, 2.24) is 10.3 Å². The first-order valence-corrected chi connectivity index (χ1v) is 7.91. The van der Waals surface area contributed by atoms with Crippen molar-refractivity contribution in [3.8, 4) is 0 Å². The highest BCUT2D eigenvalue weighted by Gasteiger charge is 2.13. The Balaban J connectivity index is 1.77. The number of pyridine rings is 1. The summed E-state index contributed by atoms with van der Waals surface area (Å²) in [5, 5.41) is 5.04. The molecule has 0 saturated heterocycles. The molecule has 2 N–H and O–H groups in total. The molecule has 1 aromatic heterocycles. The summed E-state index contributed by atoms with van der Waals surface area (Å²) in [6.07, 6.45) is 1.34. The molecule has 0 unspecified atom stereocenters. The van der Waals surface area contributed by atoms with Crippen molar-refractivity contribution >= 4 is 46.7 Å². The zero-order chi connectivity index (χ0) is 19.1. The Kier molecular flexibility index (Phi) is 6.88. The van der Waals surface area contributed by atoms with E-state index in [2.05, 4.69) is 20.4 Å². The lowest BCUT2D eigenvalue weighted by molar-refractivity contribution is -0.146. The van der Waals surface area contributed by atoms with E-state index in [9.17, 15) is 18.8 Å². The van der Waals surface area contributed by atoms with Crippen molar-refractivity contribution in [2.45, 2.75) is 0 Å². The summed E-state index contributed by atoms with van der Waals surface area (Å²) < 4.78 is 18.2. The molecule has 2 rings (SSSR count). The molecule has 136 valence electrons. The van der Waals surface area contributed by atoms with E-state index in [1.165, 1.54) is 30.5 Å². The van der Waals surface area contributed by atoms with Gasteiger partial charge in [-0.3, -0.25) is 19.4 Å². The van der Waals surface area contributed by atoms with Gasteiger partial charge in [0.25, 0.3) is 11.8 Å². The van der Waals surface area contributed by atoms with Gasteiger partial charge < -0.3 is 15.4 Å². The lowest BCUT2D eigenvalue weighted by Gasteiger charge is -2.08. The summed E-state index contributed by atoms with van der Waals surface area (Å²) in [5.41, 5.74) is -0.113. The van der Waals surface area contributed by atoms with E-state index in [-0.39, 0.29) is 16.4 Å². The van der Waals surface area contributed by atoms with Gasteiger partial charge in [0.15, 0.2) is 6.61 Å². The van der Waals surface area contributed by atoms with Crippen molar-refractivity contribution in [2.75, 3.05) is 18.5 Å². The summed E-state index contributed by atoms with van der Waals surface area (Å²) in [5.74, 6) is -2.94. The van der Waals surface area contributed by atoms with Crippen LogP contribution >= 0.6 is 23.2 Å². The molecule has 0 aliphatic rings. The fraction of sp³-hybridized carbons (Fsp3) is 0.125. The second kappa shape index (κ2) is 9.12.